The van der Waals surface area contributed by atoms with E-state index in [2.05, 4.69) is 10.3 Å². The van der Waals surface area contributed by atoms with E-state index in [1.807, 2.05) is 11.9 Å². The number of hydrogen-bond acceptors (Lipinski definition) is 6. The molecule has 0 bridgehead atoms. The standard InChI is InChI=1S/C17H18F3N3O5/c1-3-4-7-28-16(27)8(2)21-14(25)11-12(24)9-5-6-10(17(18,19)20)22-13(9)23-15(11)26/h5-6,8H,3-4,7H2,1-2H3,(H,21,25)(H2,22,23,24,26)/t8-/m0/s1. The highest BCUT2D eigenvalue weighted by Crippen LogP contribution is 2.31. The maximum atomic E-state index is 12.7. The van der Waals surface area contributed by atoms with E-state index in [4.69, 9.17) is 4.74 Å². The van der Waals surface area contributed by atoms with Gasteiger partial charge in [0, 0.05) is 0 Å². The second kappa shape index (κ2) is 8.28. The minimum Gasteiger partial charge on any atom is -0.506 e. The summed E-state index contributed by atoms with van der Waals surface area (Å²) in [6, 6.07) is 0.385. The van der Waals surface area contributed by atoms with Gasteiger partial charge in [-0.15, -0.1) is 0 Å². The fraction of sp³-hybridized carbons (Fsp3) is 0.412. The van der Waals surface area contributed by atoms with Crippen molar-refractivity contribution >= 4 is 22.9 Å². The Balaban J connectivity index is 2.30. The number of aromatic hydroxyl groups is 1. The van der Waals surface area contributed by atoms with E-state index >= 15 is 0 Å². The smallest absolute Gasteiger partial charge is 0.433 e. The molecule has 0 saturated carbocycles. The second-order valence-electron chi connectivity index (χ2n) is 5.98. The molecule has 0 aliphatic carbocycles. The number of carbonyl (C=O) groups excluding carboxylic acids is 2. The first-order valence-electron chi connectivity index (χ1n) is 8.37. The molecule has 2 aromatic rings. The number of ether oxygens (including phenoxy) is 1. The van der Waals surface area contributed by atoms with Crippen molar-refractivity contribution in [3.05, 3.63) is 33.7 Å². The molecule has 3 N–H and O–H groups in total. The predicted octanol–water partition coefficient (Wildman–Crippen LogP) is 2.11. The Morgan fingerprint density at radius 2 is 2.04 bits per heavy atom. The van der Waals surface area contributed by atoms with Crippen molar-refractivity contribution < 1.29 is 32.6 Å². The molecule has 28 heavy (non-hydrogen) atoms. The number of carbonyl (C=O) groups is 2. The summed E-state index contributed by atoms with van der Waals surface area (Å²) in [5.41, 5.74) is -3.69. The maximum Gasteiger partial charge on any atom is 0.433 e. The number of esters is 1. The lowest BCUT2D eigenvalue weighted by molar-refractivity contribution is -0.145. The van der Waals surface area contributed by atoms with Gasteiger partial charge < -0.3 is 20.1 Å². The van der Waals surface area contributed by atoms with E-state index in [1.54, 1.807) is 0 Å². The van der Waals surface area contributed by atoms with Gasteiger partial charge in [-0.1, -0.05) is 13.3 Å². The van der Waals surface area contributed by atoms with Crippen molar-refractivity contribution in [1.29, 1.82) is 0 Å². The molecule has 2 aromatic heterocycles. The molecule has 0 unspecified atom stereocenters. The van der Waals surface area contributed by atoms with Gasteiger partial charge in [0.25, 0.3) is 11.5 Å². The summed E-state index contributed by atoms with van der Waals surface area (Å²) in [6.07, 6.45) is -3.30. The molecule has 1 amide bonds. The predicted molar refractivity (Wildman–Crippen MR) is 91.8 cm³/mol. The zero-order chi connectivity index (χ0) is 21.1. The van der Waals surface area contributed by atoms with Gasteiger partial charge >= 0.3 is 12.1 Å². The number of aromatic nitrogens is 2. The number of pyridine rings is 2. The number of nitrogens with zero attached hydrogens (tertiary/aromatic N) is 1. The van der Waals surface area contributed by atoms with Crippen LogP contribution in [0.1, 0.15) is 42.7 Å². The van der Waals surface area contributed by atoms with Crippen LogP contribution in [0.25, 0.3) is 11.0 Å². The Labute approximate surface area is 156 Å². The first kappa shape index (κ1) is 21.2. The normalized spacial score (nSPS) is 12.6. The van der Waals surface area contributed by atoms with Crippen LogP contribution in [-0.2, 0) is 15.7 Å². The largest absolute Gasteiger partial charge is 0.506 e. The molecule has 2 heterocycles. The molecule has 152 valence electrons. The lowest BCUT2D eigenvalue weighted by Crippen LogP contribution is -2.41. The van der Waals surface area contributed by atoms with Crippen molar-refractivity contribution in [2.24, 2.45) is 0 Å². The van der Waals surface area contributed by atoms with Crippen LogP contribution < -0.4 is 10.9 Å². The Kier molecular flexibility index (Phi) is 6.26. The van der Waals surface area contributed by atoms with E-state index in [1.165, 1.54) is 6.92 Å². The summed E-state index contributed by atoms with van der Waals surface area (Å²) in [4.78, 5) is 41.5. The van der Waals surface area contributed by atoms with Crippen molar-refractivity contribution in [2.45, 2.75) is 38.9 Å². The van der Waals surface area contributed by atoms with Crippen LogP contribution in [0.4, 0.5) is 13.2 Å². The van der Waals surface area contributed by atoms with Crippen molar-refractivity contribution in [3.63, 3.8) is 0 Å². The number of alkyl halides is 3. The molecule has 0 aliphatic heterocycles. The van der Waals surface area contributed by atoms with E-state index in [-0.39, 0.29) is 12.0 Å². The average molecular weight is 401 g/mol. The molecule has 11 heteroatoms. The van der Waals surface area contributed by atoms with E-state index in [9.17, 15) is 32.7 Å². The first-order valence-corrected chi connectivity index (χ1v) is 8.37. The summed E-state index contributed by atoms with van der Waals surface area (Å²) < 4.78 is 43.1. The topological polar surface area (TPSA) is 121 Å². The second-order valence-corrected chi connectivity index (χ2v) is 5.98. The number of unbranched alkanes of at least 4 members (excludes halogenated alkanes) is 1. The number of nitrogens with one attached hydrogen (secondary N) is 2. The maximum absolute atomic E-state index is 12.7. The minimum atomic E-state index is -4.75. The first-order chi connectivity index (χ1) is 13.1. The van der Waals surface area contributed by atoms with E-state index < -0.39 is 52.3 Å². The van der Waals surface area contributed by atoms with Crippen LogP contribution in [0.15, 0.2) is 16.9 Å². The summed E-state index contributed by atoms with van der Waals surface area (Å²) in [7, 11) is 0. The van der Waals surface area contributed by atoms with Gasteiger partial charge in [0.15, 0.2) is 0 Å². The Bertz CT molecular complexity index is 955. The van der Waals surface area contributed by atoms with Gasteiger partial charge in [-0.25, -0.2) is 9.78 Å². The van der Waals surface area contributed by atoms with Crippen LogP contribution in [-0.4, -0.2) is 39.6 Å². The highest BCUT2D eigenvalue weighted by atomic mass is 19.4. The zero-order valence-electron chi connectivity index (χ0n) is 15.0. The summed E-state index contributed by atoms with van der Waals surface area (Å²) in [5.74, 6) is -2.65. The van der Waals surface area contributed by atoms with Crippen LogP contribution in [0.5, 0.6) is 5.75 Å². The van der Waals surface area contributed by atoms with Gasteiger partial charge in [-0.2, -0.15) is 13.2 Å². The van der Waals surface area contributed by atoms with Gasteiger partial charge in [0.2, 0.25) is 0 Å². The zero-order valence-corrected chi connectivity index (χ0v) is 15.0. The minimum absolute atomic E-state index is 0.171. The highest BCUT2D eigenvalue weighted by Gasteiger charge is 2.33. The fourth-order valence-electron chi connectivity index (χ4n) is 2.30. The van der Waals surface area contributed by atoms with Crippen LogP contribution >= 0.6 is 0 Å². The lowest BCUT2D eigenvalue weighted by atomic mass is 10.1. The molecule has 0 aromatic carbocycles. The number of halogens is 3. The Morgan fingerprint density at radius 3 is 2.64 bits per heavy atom. The van der Waals surface area contributed by atoms with Crippen LogP contribution in [0.2, 0.25) is 0 Å². The van der Waals surface area contributed by atoms with Crippen molar-refractivity contribution in [2.75, 3.05) is 6.61 Å². The van der Waals surface area contributed by atoms with Gasteiger partial charge in [-0.3, -0.25) is 9.59 Å². The lowest BCUT2D eigenvalue weighted by Gasteiger charge is -2.14. The number of H-pyrrole nitrogens is 1. The number of fused-ring (bicyclic) bond motifs is 1. The third-order valence-electron chi connectivity index (χ3n) is 3.81. The van der Waals surface area contributed by atoms with Gasteiger partial charge in [-0.05, 0) is 25.5 Å². The number of rotatable bonds is 6. The molecule has 2 rings (SSSR count). The summed E-state index contributed by atoms with van der Waals surface area (Å²) in [5, 5.41) is 12.2. The molecular formula is C17H18F3N3O5. The van der Waals surface area contributed by atoms with E-state index in [0.717, 1.165) is 12.5 Å². The molecule has 0 saturated heterocycles. The van der Waals surface area contributed by atoms with Crippen molar-refractivity contribution in [3.8, 4) is 5.75 Å². The molecule has 0 spiro atoms. The molecule has 1 atom stereocenters. The SMILES string of the molecule is CCCCOC(=O)[C@H](C)NC(=O)c1c(O)c2ccc(C(F)(F)F)nc2[nH]c1=O. The van der Waals surface area contributed by atoms with Gasteiger partial charge in [0.05, 0.1) is 12.0 Å². The molecule has 8 nitrogen and oxygen atoms in total. The van der Waals surface area contributed by atoms with Crippen LogP contribution in [0.3, 0.4) is 0 Å². The number of amides is 1. The monoisotopic (exact) mass is 401 g/mol. The third kappa shape index (κ3) is 4.59. The van der Waals surface area contributed by atoms with Gasteiger partial charge in [0.1, 0.15) is 28.7 Å². The number of aromatic amines is 1. The summed E-state index contributed by atoms with van der Waals surface area (Å²) in [6.45, 7) is 3.40. The Morgan fingerprint density at radius 1 is 1.36 bits per heavy atom. The quantitative estimate of drug-likeness (QED) is 0.504. The third-order valence-corrected chi connectivity index (χ3v) is 3.81. The fourth-order valence-corrected chi connectivity index (χ4v) is 2.30. The van der Waals surface area contributed by atoms with Crippen molar-refractivity contribution in [1.82, 2.24) is 15.3 Å². The highest BCUT2D eigenvalue weighted by molar-refractivity contribution is 6.02. The number of hydrogen-bond donors (Lipinski definition) is 3. The Hall–Kier alpha value is -3.11. The molecular weight excluding hydrogens is 383 g/mol. The van der Waals surface area contributed by atoms with E-state index in [0.29, 0.717) is 12.5 Å². The molecule has 0 radical (unpaired) electrons. The van der Waals surface area contributed by atoms with Crippen LogP contribution in [0, 0.1) is 0 Å². The average Bonchev–Trinajstić information content (AvgIpc) is 2.60. The summed E-state index contributed by atoms with van der Waals surface area (Å²) >= 11 is 0. The molecule has 0 aliphatic rings. The molecule has 0 fully saturated rings.